The molecule has 92 valence electrons. The van der Waals surface area contributed by atoms with Crippen LogP contribution in [-0.4, -0.2) is 44.1 Å². The van der Waals surface area contributed by atoms with E-state index in [1.165, 1.54) is 6.33 Å². The SMILES string of the molecule is Cc1cc2ncnn2nc1SCCOCCBr. The number of fused-ring (bicyclic) bond motifs is 1. The lowest BCUT2D eigenvalue weighted by Crippen LogP contribution is -2.02. The summed E-state index contributed by atoms with van der Waals surface area (Å²) in [5, 5.41) is 10.3. The van der Waals surface area contributed by atoms with Crippen molar-refractivity contribution in [3.63, 3.8) is 0 Å². The second-order valence-corrected chi connectivity index (χ2v) is 5.27. The Morgan fingerprint density at radius 3 is 3.18 bits per heavy atom. The van der Waals surface area contributed by atoms with Crippen LogP contribution in [0.2, 0.25) is 0 Å². The van der Waals surface area contributed by atoms with Crippen molar-refractivity contribution in [1.29, 1.82) is 0 Å². The molecule has 2 rings (SSSR count). The smallest absolute Gasteiger partial charge is 0.176 e. The number of hydrogen-bond donors (Lipinski definition) is 0. The highest BCUT2D eigenvalue weighted by Gasteiger charge is 2.05. The Morgan fingerprint density at radius 2 is 2.35 bits per heavy atom. The summed E-state index contributed by atoms with van der Waals surface area (Å²) in [4.78, 5) is 4.09. The summed E-state index contributed by atoms with van der Waals surface area (Å²) in [6, 6.07) is 1.99. The molecule has 2 aromatic rings. The number of aromatic nitrogens is 4. The maximum absolute atomic E-state index is 5.39. The average molecular weight is 317 g/mol. The zero-order valence-corrected chi connectivity index (χ0v) is 11.9. The van der Waals surface area contributed by atoms with Crippen molar-refractivity contribution >= 4 is 33.3 Å². The predicted molar refractivity (Wildman–Crippen MR) is 70.9 cm³/mol. The Bertz CT molecular complexity index is 490. The third-order valence-corrected chi connectivity index (χ3v) is 3.48. The molecule has 2 heterocycles. The first-order valence-electron chi connectivity index (χ1n) is 5.25. The van der Waals surface area contributed by atoms with Crippen LogP contribution in [0.5, 0.6) is 0 Å². The maximum Gasteiger partial charge on any atom is 0.176 e. The fourth-order valence-corrected chi connectivity index (χ4v) is 2.38. The molecule has 0 bridgehead atoms. The van der Waals surface area contributed by atoms with Gasteiger partial charge in [-0.05, 0) is 18.6 Å². The molecule has 0 atom stereocenters. The van der Waals surface area contributed by atoms with E-state index in [0.29, 0.717) is 0 Å². The van der Waals surface area contributed by atoms with E-state index in [1.54, 1.807) is 16.4 Å². The molecular weight excluding hydrogens is 304 g/mol. The lowest BCUT2D eigenvalue weighted by molar-refractivity contribution is 0.168. The monoisotopic (exact) mass is 316 g/mol. The molecule has 17 heavy (non-hydrogen) atoms. The molecule has 0 aliphatic rings. The minimum absolute atomic E-state index is 0.729. The van der Waals surface area contributed by atoms with Gasteiger partial charge in [0.15, 0.2) is 5.65 Å². The Morgan fingerprint density at radius 1 is 1.47 bits per heavy atom. The van der Waals surface area contributed by atoms with Crippen molar-refractivity contribution in [2.75, 3.05) is 24.3 Å². The topological polar surface area (TPSA) is 52.3 Å². The first-order chi connectivity index (χ1) is 8.31. The molecule has 0 aromatic carbocycles. The van der Waals surface area contributed by atoms with Crippen LogP contribution in [0.4, 0.5) is 0 Å². The molecule has 7 heteroatoms. The van der Waals surface area contributed by atoms with Crippen molar-refractivity contribution in [2.24, 2.45) is 0 Å². The summed E-state index contributed by atoms with van der Waals surface area (Å²) in [5.74, 6) is 0.890. The van der Waals surface area contributed by atoms with Gasteiger partial charge in [0.2, 0.25) is 0 Å². The number of alkyl halides is 1. The van der Waals surface area contributed by atoms with Gasteiger partial charge in [-0.25, -0.2) is 4.98 Å². The summed E-state index contributed by atoms with van der Waals surface area (Å²) in [7, 11) is 0. The number of halogens is 1. The van der Waals surface area contributed by atoms with Crippen LogP contribution in [-0.2, 0) is 4.74 Å². The second-order valence-electron chi connectivity index (χ2n) is 3.39. The number of ether oxygens (including phenoxy) is 1. The van der Waals surface area contributed by atoms with Crippen molar-refractivity contribution in [3.05, 3.63) is 18.0 Å². The third kappa shape index (κ3) is 3.40. The number of hydrogen-bond acceptors (Lipinski definition) is 5. The molecule has 5 nitrogen and oxygen atoms in total. The van der Waals surface area contributed by atoms with Gasteiger partial charge >= 0.3 is 0 Å². The fraction of sp³-hybridized carbons (Fsp3) is 0.500. The van der Waals surface area contributed by atoms with E-state index < -0.39 is 0 Å². The van der Waals surface area contributed by atoms with Crippen LogP contribution in [0.15, 0.2) is 17.4 Å². The highest BCUT2D eigenvalue weighted by molar-refractivity contribution is 9.09. The van der Waals surface area contributed by atoms with Crippen LogP contribution in [0, 0.1) is 6.92 Å². The summed E-state index contributed by atoms with van der Waals surface area (Å²) >= 11 is 4.99. The number of nitrogens with zero attached hydrogens (tertiary/aromatic N) is 4. The second kappa shape index (κ2) is 6.32. The van der Waals surface area contributed by atoms with Crippen LogP contribution in [0.25, 0.3) is 5.65 Å². The number of aryl methyl sites for hydroxylation is 1. The van der Waals surface area contributed by atoms with Crippen LogP contribution in [0.1, 0.15) is 5.56 Å². The van der Waals surface area contributed by atoms with Gasteiger partial charge < -0.3 is 4.74 Å². The Hall–Kier alpha value is -0.660. The van der Waals surface area contributed by atoms with E-state index in [4.69, 9.17) is 4.74 Å². The minimum Gasteiger partial charge on any atom is -0.380 e. The summed E-state index contributed by atoms with van der Waals surface area (Å²) in [6.07, 6.45) is 1.51. The van der Waals surface area contributed by atoms with Crippen LogP contribution >= 0.6 is 27.7 Å². The molecule has 0 aliphatic heterocycles. The van der Waals surface area contributed by atoms with Crippen LogP contribution in [0.3, 0.4) is 0 Å². The zero-order chi connectivity index (χ0) is 12.1. The highest BCUT2D eigenvalue weighted by Crippen LogP contribution is 2.19. The van der Waals surface area contributed by atoms with E-state index in [9.17, 15) is 0 Å². The molecule has 2 aromatic heterocycles. The largest absolute Gasteiger partial charge is 0.380 e. The van der Waals surface area contributed by atoms with Gasteiger partial charge in [-0.15, -0.1) is 26.6 Å². The lowest BCUT2D eigenvalue weighted by atomic mass is 10.3. The Balaban J connectivity index is 1.95. The molecule has 0 amide bonds. The lowest BCUT2D eigenvalue weighted by Gasteiger charge is -2.05. The van der Waals surface area contributed by atoms with Gasteiger partial charge in [-0.1, -0.05) is 15.9 Å². The first-order valence-corrected chi connectivity index (χ1v) is 7.36. The molecule has 0 aliphatic carbocycles. The highest BCUT2D eigenvalue weighted by atomic mass is 79.9. The zero-order valence-electron chi connectivity index (χ0n) is 9.47. The van der Waals surface area contributed by atoms with Crippen molar-refractivity contribution < 1.29 is 4.74 Å². The third-order valence-electron chi connectivity index (χ3n) is 2.11. The van der Waals surface area contributed by atoms with E-state index in [-0.39, 0.29) is 0 Å². The van der Waals surface area contributed by atoms with E-state index in [0.717, 1.165) is 40.5 Å². The minimum atomic E-state index is 0.729. The van der Waals surface area contributed by atoms with Gasteiger partial charge in [0.25, 0.3) is 0 Å². The summed E-state index contributed by atoms with van der Waals surface area (Å²) in [6.45, 7) is 3.51. The summed E-state index contributed by atoms with van der Waals surface area (Å²) < 4.78 is 6.94. The number of rotatable bonds is 6. The van der Waals surface area contributed by atoms with Gasteiger partial charge in [0.1, 0.15) is 11.4 Å². The van der Waals surface area contributed by atoms with Crippen molar-refractivity contribution in [2.45, 2.75) is 11.9 Å². The molecule has 0 saturated heterocycles. The van der Waals surface area contributed by atoms with E-state index >= 15 is 0 Å². The van der Waals surface area contributed by atoms with Crippen molar-refractivity contribution in [1.82, 2.24) is 19.8 Å². The first kappa shape index (κ1) is 12.8. The van der Waals surface area contributed by atoms with Gasteiger partial charge in [0, 0.05) is 11.1 Å². The maximum atomic E-state index is 5.39. The standard InChI is InChI=1S/C10H13BrN4OS/c1-8-6-9-12-7-13-15(9)14-10(8)17-5-4-16-3-2-11/h6-7H,2-5H2,1H3. The molecule has 0 spiro atoms. The quantitative estimate of drug-likeness (QED) is 0.463. The van der Waals surface area contributed by atoms with Gasteiger partial charge in [0.05, 0.1) is 13.2 Å². The predicted octanol–water partition coefficient (Wildman–Crippen LogP) is 1.94. The Labute approximate surface area is 112 Å². The normalized spacial score (nSPS) is 11.2. The van der Waals surface area contributed by atoms with Crippen LogP contribution < -0.4 is 0 Å². The molecule has 0 saturated carbocycles. The molecule has 0 fully saturated rings. The molecule has 0 radical (unpaired) electrons. The van der Waals surface area contributed by atoms with Crippen molar-refractivity contribution in [3.8, 4) is 0 Å². The molecule has 0 unspecified atom stereocenters. The van der Waals surface area contributed by atoms with Gasteiger partial charge in [-0.2, -0.15) is 0 Å². The number of thioether (sulfide) groups is 1. The fourth-order valence-electron chi connectivity index (χ4n) is 1.33. The van der Waals surface area contributed by atoms with E-state index in [1.807, 2.05) is 13.0 Å². The Kier molecular flexibility index (Phi) is 4.75. The van der Waals surface area contributed by atoms with Gasteiger partial charge in [-0.3, -0.25) is 0 Å². The summed E-state index contributed by atoms with van der Waals surface area (Å²) in [5.41, 5.74) is 1.90. The van der Waals surface area contributed by atoms with E-state index in [2.05, 4.69) is 31.1 Å². The average Bonchev–Trinajstić information content (AvgIpc) is 2.76. The molecule has 0 N–H and O–H groups in total. The molecular formula is C10H13BrN4OS.